The molecule has 6 nitrogen and oxygen atoms in total. The molecular formula is C13H14N4O2. The molecule has 19 heavy (non-hydrogen) atoms. The summed E-state index contributed by atoms with van der Waals surface area (Å²) >= 11 is 0. The second kappa shape index (κ2) is 5.34. The first-order valence-corrected chi connectivity index (χ1v) is 5.70. The number of nitrogens with one attached hydrogen (secondary N) is 2. The number of carbonyl (C=O) groups excluding carboxylic acids is 1. The monoisotopic (exact) mass is 258 g/mol. The van der Waals surface area contributed by atoms with Crippen LogP contribution in [0.3, 0.4) is 0 Å². The van der Waals surface area contributed by atoms with Gasteiger partial charge in [-0.2, -0.15) is 0 Å². The van der Waals surface area contributed by atoms with Gasteiger partial charge in [-0.15, -0.1) is 0 Å². The topological polar surface area (TPSA) is 78.1 Å². The van der Waals surface area contributed by atoms with Crippen LogP contribution < -0.4 is 15.6 Å². The fraction of sp³-hybridized carbons (Fsp3) is 0.154. The maximum absolute atomic E-state index is 12.0. The predicted octanol–water partition coefficient (Wildman–Crippen LogP) is 1.09. The van der Waals surface area contributed by atoms with Crippen molar-refractivity contribution in [3.8, 4) is 0 Å². The predicted molar refractivity (Wildman–Crippen MR) is 73.6 cm³/mol. The van der Waals surface area contributed by atoms with Crippen LogP contribution in [0.15, 0.2) is 41.6 Å². The third-order valence-electron chi connectivity index (χ3n) is 2.53. The Labute approximate surface area is 110 Å². The van der Waals surface area contributed by atoms with Crippen molar-refractivity contribution < 1.29 is 4.79 Å². The standard InChI is InChI=1S/C13H14N4O2/c1-17(2)12-10(4-3-6-15-12)16-13(19)9-8-14-7-5-11(9)18/h3-8H,1-2H3,(H,14,18)(H,16,19). The molecule has 0 saturated heterocycles. The Kier molecular flexibility index (Phi) is 3.61. The Hall–Kier alpha value is -2.63. The van der Waals surface area contributed by atoms with Crippen LogP contribution in [-0.2, 0) is 0 Å². The van der Waals surface area contributed by atoms with Gasteiger partial charge in [0, 0.05) is 38.8 Å². The van der Waals surface area contributed by atoms with E-state index in [2.05, 4.69) is 15.3 Å². The normalized spacial score (nSPS) is 10.0. The Bertz CT molecular complexity index is 649. The summed E-state index contributed by atoms with van der Waals surface area (Å²) in [6.45, 7) is 0. The highest BCUT2D eigenvalue weighted by Crippen LogP contribution is 2.20. The maximum atomic E-state index is 12.0. The third kappa shape index (κ3) is 2.79. The molecule has 2 aromatic heterocycles. The fourth-order valence-corrected chi connectivity index (χ4v) is 1.63. The molecule has 0 spiro atoms. The molecule has 0 aromatic carbocycles. The lowest BCUT2D eigenvalue weighted by Crippen LogP contribution is -2.22. The van der Waals surface area contributed by atoms with Gasteiger partial charge in [-0.05, 0) is 12.1 Å². The van der Waals surface area contributed by atoms with Crippen molar-refractivity contribution in [2.75, 3.05) is 24.3 Å². The van der Waals surface area contributed by atoms with E-state index < -0.39 is 5.91 Å². The van der Waals surface area contributed by atoms with Crippen LogP contribution in [0.4, 0.5) is 11.5 Å². The molecule has 0 unspecified atom stereocenters. The van der Waals surface area contributed by atoms with E-state index in [4.69, 9.17) is 0 Å². The van der Waals surface area contributed by atoms with E-state index in [1.54, 1.807) is 23.2 Å². The van der Waals surface area contributed by atoms with Crippen molar-refractivity contribution in [1.82, 2.24) is 9.97 Å². The quantitative estimate of drug-likeness (QED) is 0.863. The number of amides is 1. The SMILES string of the molecule is CN(C)c1ncccc1NC(=O)c1c[nH]ccc1=O. The van der Waals surface area contributed by atoms with E-state index in [9.17, 15) is 9.59 Å². The first kappa shape index (κ1) is 12.8. The number of hydrogen-bond donors (Lipinski definition) is 2. The van der Waals surface area contributed by atoms with Gasteiger partial charge in [0.1, 0.15) is 5.56 Å². The lowest BCUT2D eigenvalue weighted by Gasteiger charge is -2.16. The minimum absolute atomic E-state index is 0.0658. The molecule has 98 valence electrons. The molecule has 2 heterocycles. The van der Waals surface area contributed by atoms with E-state index in [0.29, 0.717) is 11.5 Å². The van der Waals surface area contributed by atoms with Gasteiger partial charge in [0.25, 0.3) is 5.91 Å². The summed E-state index contributed by atoms with van der Waals surface area (Å²) in [6.07, 6.45) is 4.50. The van der Waals surface area contributed by atoms with Gasteiger partial charge in [-0.1, -0.05) is 0 Å². The van der Waals surface area contributed by atoms with Crippen LogP contribution in [0, 0.1) is 0 Å². The number of aromatic amines is 1. The van der Waals surface area contributed by atoms with Crippen molar-refractivity contribution in [2.45, 2.75) is 0 Å². The van der Waals surface area contributed by atoms with Crippen molar-refractivity contribution in [3.05, 3.63) is 52.6 Å². The number of pyridine rings is 2. The molecule has 1 amide bonds. The summed E-state index contributed by atoms with van der Waals surface area (Å²) in [4.78, 5) is 32.3. The van der Waals surface area contributed by atoms with Crippen molar-refractivity contribution >= 4 is 17.4 Å². The highest BCUT2D eigenvalue weighted by atomic mass is 16.2. The largest absolute Gasteiger partial charge is 0.367 e. The number of rotatable bonds is 3. The second-order valence-electron chi connectivity index (χ2n) is 4.15. The summed E-state index contributed by atoms with van der Waals surface area (Å²) in [5, 5.41) is 2.69. The van der Waals surface area contributed by atoms with Crippen LogP contribution in [0.5, 0.6) is 0 Å². The van der Waals surface area contributed by atoms with Crippen LogP contribution >= 0.6 is 0 Å². The third-order valence-corrected chi connectivity index (χ3v) is 2.53. The maximum Gasteiger partial charge on any atom is 0.261 e. The van der Waals surface area contributed by atoms with E-state index in [1.807, 2.05) is 14.1 Å². The summed E-state index contributed by atoms with van der Waals surface area (Å²) < 4.78 is 0. The number of anilines is 2. The lowest BCUT2D eigenvalue weighted by molar-refractivity contribution is 0.102. The molecule has 2 N–H and O–H groups in total. The van der Waals surface area contributed by atoms with Gasteiger partial charge in [-0.25, -0.2) is 4.98 Å². The summed E-state index contributed by atoms with van der Waals surface area (Å²) in [6, 6.07) is 4.76. The highest BCUT2D eigenvalue weighted by Gasteiger charge is 2.13. The first-order chi connectivity index (χ1) is 9.09. The summed E-state index contributed by atoms with van der Waals surface area (Å²) in [5.74, 6) is 0.168. The molecule has 0 aliphatic heterocycles. The van der Waals surface area contributed by atoms with Gasteiger partial charge in [0.15, 0.2) is 11.2 Å². The van der Waals surface area contributed by atoms with Gasteiger partial charge < -0.3 is 15.2 Å². The van der Waals surface area contributed by atoms with Crippen molar-refractivity contribution in [2.24, 2.45) is 0 Å². The first-order valence-electron chi connectivity index (χ1n) is 5.70. The average molecular weight is 258 g/mol. The van der Waals surface area contributed by atoms with E-state index in [0.717, 1.165) is 0 Å². The smallest absolute Gasteiger partial charge is 0.261 e. The molecule has 0 aliphatic carbocycles. The van der Waals surface area contributed by atoms with E-state index >= 15 is 0 Å². The Morgan fingerprint density at radius 3 is 2.84 bits per heavy atom. The zero-order valence-electron chi connectivity index (χ0n) is 10.7. The molecule has 6 heteroatoms. The van der Waals surface area contributed by atoms with Gasteiger partial charge in [0.2, 0.25) is 0 Å². The summed E-state index contributed by atoms with van der Waals surface area (Å²) in [7, 11) is 3.65. The lowest BCUT2D eigenvalue weighted by atomic mass is 10.2. The number of hydrogen-bond acceptors (Lipinski definition) is 4. The fourth-order valence-electron chi connectivity index (χ4n) is 1.63. The van der Waals surface area contributed by atoms with Gasteiger partial charge >= 0.3 is 0 Å². The number of aromatic nitrogens is 2. The molecule has 0 saturated carbocycles. The number of nitrogens with zero attached hydrogens (tertiary/aromatic N) is 2. The van der Waals surface area contributed by atoms with Gasteiger partial charge in [-0.3, -0.25) is 9.59 Å². The number of carbonyl (C=O) groups is 1. The zero-order chi connectivity index (χ0) is 13.8. The summed E-state index contributed by atoms with van der Waals surface area (Å²) in [5.41, 5.74) is 0.295. The van der Waals surface area contributed by atoms with Crippen LogP contribution in [0.25, 0.3) is 0 Å². The minimum atomic E-state index is -0.460. The highest BCUT2D eigenvalue weighted by molar-refractivity contribution is 6.05. The molecule has 0 bridgehead atoms. The minimum Gasteiger partial charge on any atom is -0.367 e. The Balaban J connectivity index is 2.30. The number of H-pyrrole nitrogens is 1. The Morgan fingerprint density at radius 1 is 1.37 bits per heavy atom. The molecule has 0 radical (unpaired) electrons. The van der Waals surface area contributed by atoms with Crippen LogP contribution in [0.2, 0.25) is 0 Å². The second-order valence-corrected chi connectivity index (χ2v) is 4.15. The molecule has 0 fully saturated rings. The Morgan fingerprint density at radius 2 is 2.16 bits per heavy atom. The molecular weight excluding hydrogens is 244 g/mol. The van der Waals surface area contributed by atoms with Crippen LogP contribution in [0.1, 0.15) is 10.4 Å². The van der Waals surface area contributed by atoms with E-state index in [1.165, 1.54) is 18.5 Å². The zero-order valence-corrected chi connectivity index (χ0v) is 10.7. The molecule has 0 aliphatic rings. The van der Waals surface area contributed by atoms with Crippen molar-refractivity contribution in [3.63, 3.8) is 0 Å². The molecule has 2 aromatic rings. The van der Waals surface area contributed by atoms with Crippen molar-refractivity contribution in [1.29, 1.82) is 0 Å². The molecule has 0 atom stereocenters. The van der Waals surface area contributed by atoms with Gasteiger partial charge in [0.05, 0.1) is 5.69 Å². The average Bonchev–Trinajstić information content (AvgIpc) is 2.39. The van der Waals surface area contributed by atoms with Crippen LogP contribution in [-0.4, -0.2) is 30.0 Å². The van der Waals surface area contributed by atoms with E-state index in [-0.39, 0.29) is 11.0 Å². The molecule has 2 rings (SSSR count).